The minimum atomic E-state index is -1.40. The first kappa shape index (κ1) is 25.6. The molecule has 1 heterocycles. The molecule has 0 radical (unpaired) electrons. The predicted octanol–water partition coefficient (Wildman–Crippen LogP) is 0.976. The number of ether oxygens (including phenoxy) is 1. The highest BCUT2D eigenvalue weighted by Gasteiger charge is 2.22. The molecule has 35 heavy (non-hydrogen) atoms. The van der Waals surface area contributed by atoms with Gasteiger partial charge in [0.1, 0.15) is 24.1 Å². The maximum atomic E-state index is 12.5. The lowest BCUT2D eigenvalue weighted by molar-refractivity contribution is -0.139. The Morgan fingerprint density at radius 2 is 2.00 bits per heavy atom. The lowest BCUT2D eigenvalue weighted by Crippen LogP contribution is -2.48. The summed E-state index contributed by atoms with van der Waals surface area (Å²) in [5.74, 6) is -1.95. The van der Waals surface area contributed by atoms with Crippen LogP contribution in [0, 0.1) is 0 Å². The molecule has 0 aliphatic carbocycles. The SMILES string of the molecule is O=C(N[C@@H](CNC(=O)c1ccc(OCCNC2=NCCCN2)cc1O)C(=O)O)c1cccc(Cl)c1. The zero-order chi connectivity index (χ0) is 25.2. The van der Waals surface area contributed by atoms with E-state index in [9.17, 15) is 24.6 Å². The van der Waals surface area contributed by atoms with Crippen molar-refractivity contribution < 1.29 is 29.3 Å². The Morgan fingerprint density at radius 3 is 2.69 bits per heavy atom. The van der Waals surface area contributed by atoms with E-state index in [1.807, 2.05) is 0 Å². The number of carboxylic acid groups (broad SMARTS) is 1. The first-order valence-corrected chi connectivity index (χ1v) is 11.3. The molecular formula is C23H26ClN5O6. The number of rotatable bonds is 10. The van der Waals surface area contributed by atoms with E-state index >= 15 is 0 Å². The second kappa shape index (κ2) is 12.5. The average Bonchev–Trinajstić information content (AvgIpc) is 2.84. The quantitative estimate of drug-likeness (QED) is 0.261. The number of carbonyl (C=O) groups is 3. The maximum absolute atomic E-state index is 12.5. The first-order valence-electron chi connectivity index (χ1n) is 10.9. The number of phenols is 1. The Hall–Kier alpha value is -3.99. The van der Waals surface area contributed by atoms with Gasteiger partial charge < -0.3 is 36.2 Å². The molecule has 1 aliphatic heterocycles. The lowest BCUT2D eigenvalue weighted by atomic mass is 10.1. The fourth-order valence-corrected chi connectivity index (χ4v) is 3.33. The molecule has 0 aromatic heterocycles. The molecule has 12 heteroatoms. The van der Waals surface area contributed by atoms with Crippen LogP contribution in [0.3, 0.4) is 0 Å². The number of aromatic hydroxyl groups is 1. The summed E-state index contributed by atoms with van der Waals surface area (Å²) < 4.78 is 5.56. The van der Waals surface area contributed by atoms with Crippen molar-refractivity contribution >= 4 is 35.3 Å². The van der Waals surface area contributed by atoms with E-state index in [2.05, 4.69) is 26.3 Å². The number of phenolic OH excluding ortho intramolecular Hbond substituents is 1. The number of benzene rings is 2. The number of hydrogen-bond donors (Lipinski definition) is 6. The summed E-state index contributed by atoms with van der Waals surface area (Å²) in [6.45, 7) is 2.03. The van der Waals surface area contributed by atoms with Gasteiger partial charge in [0, 0.05) is 36.3 Å². The zero-order valence-corrected chi connectivity index (χ0v) is 19.5. The van der Waals surface area contributed by atoms with E-state index in [1.165, 1.54) is 30.3 Å². The van der Waals surface area contributed by atoms with Crippen molar-refractivity contribution in [2.24, 2.45) is 4.99 Å². The molecule has 186 valence electrons. The van der Waals surface area contributed by atoms with Gasteiger partial charge in [-0.2, -0.15) is 0 Å². The summed E-state index contributed by atoms with van der Waals surface area (Å²) in [5.41, 5.74) is 0.114. The molecule has 1 atom stereocenters. The number of carbonyl (C=O) groups excluding carboxylic acids is 2. The Morgan fingerprint density at radius 1 is 1.17 bits per heavy atom. The number of hydrogen-bond acceptors (Lipinski definition) is 8. The molecule has 3 rings (SSSR count). The van der Waals surface area contributed by atoms with E-state index in [4.69, 9.17) is 16.3 Å². The van der Waals surface area contributed by atoms with Gasteiger partial charge in [-0.05, 0) is 36.8 Å². The number of aliphatic carboxylic acids is 1. The highest BCUT2D eigenvalue weighted by atomic mass is 35.5. The average molecular weight is 504 g/mol. The Kier molecular flexibility index (Phi) is 9.13. The molecule has 1 aliphatic rings. The van der Waals surface area contributed by atoms with Gasteiger partial charge >= 0.3 is 5.97 Å². The topological polar surface area (TPSA) is 161 Å². The van der Waals surface area contributed by atoms with Gasteiger partial charge in [-0.25, -0.2) is 4.79 Å². The standard InChI is InChI=1S/C23H26ClN5O6/c24-15-4-1-3-14(11-15)20(31)29-18(22(33)34)13-28-21(32)17-6-5-16(12-19(17)30)35-10-9-27-23-25-7-2-8-26-23/h1,3-6,11-12,18,30H,2,7-10,13H2,(H,28,32)(H,29,31)(H,33,34)(H2,25,26,27)/t18-/m0/s1. The summed E-state index contributed by atoms with van der Waals surface area (Å²) in [6, 6.07) is 8.79. The van der Waals surface area contributed by atoms with Gasteiger partial charge in [-0.3, -0.25) is 14.6 Å². The van der Waals surface area contributed by atoms with Gasteiger partial charge in [-0.1, -0.05) is 17.7 Å². The number of carboxylic acids is 1. The van der Waals surface area contributed by atoms with Crippen LogP contribution in [0.1, 0.15) is 27.1 Å². The van der Waals surface area contributed by atoms with Crippen molar-refractivity contribution in [1.29, 1.82) is 0 Å². The third kappa shape index (κ3) is 7.78. The van der Waals surface area contributed by atoms with Gasteiger partial charge in [0.15, 0.2) is 5.96 Å². The van der Waals surface area contributed by atoms with E-state index in [1.54, 1.807) is 12.1 Å². The van der Waals surface area contributed by atoms with Gasteiger partial charge in [0.25, 0.3) is 11.8 Å². The molecular weight excluding hydrogens is 478 g/mol. The number of aliphatic imine (C=N–C) groups is 1. The highest BCUT2D eigenvalue weighted by molar-refractivity contribution is 6.31. The fraction of sp³-hybridized carbons (Fsp3) is 0.304. The van der Waals surface area contributed by atoms with Crippen molar-refractivity contribution in [3.8, 4) is 11.5 Å². The number of amides is 2. The van der Waals surface area contributed by atoms with Crippen LogP contribution in [-0.4, -0.2) is 72.8 Å². The van der Waals surface area contributed by atoms with E-state index in [0.717, 1.165) is 25.5 Å². The Bertz CT molecular complexity index is 1110. The summed E-state index contributed by atoms with van der Waals surface area (Å²) >= 11 is 5.86. The molecule has 0 spiro atoms. The second-order valence-electron chi connectivity index (χ2n) is 7.55. The number of nitrogens with one attached hydrogen (secondary N) is 4. The molecule has 0 unspecified atom stereocenters. The van der Waals surface area contributed by atoms with Crippen molar-refractivity contribution in [3.63, 3.8) is 0 Å². The highest BCUT2D eigenvalue weighted by Crippen LogP contribution is 2.23. The molecule has 0 bridgehead atoms. The minimum absolute atomic E-state index is 0.0680. The van der Waals surface area contributed by atoms with E-state index in [0.29, 0.717) is 23.9 Å². The van der Waals surface area contributed by atoms with E-state index in [-0.39, 0.29) is 16.9 Å². The van der Waals surface area contributed by atoms with Crippen molar-refractivity contribution in [1.82, 2.24) is 21.3 Å². The summed E-state index contributed by atoms with van der Waals surface area (Å²) in [6.07, 6.45) is 0.996. The van der Waals surface area contributed by atoms with Crippen LogP contribution in [0.4, 0.5) is 0 Å². The zero-order valence-electron chi connectivity index (χ0n) is 18.7. The first-order chi connectivity index (χ1) is 16.8. The van der Waals surface area contributed by atoms with Crippen molar-refractivity contribution in [2.75, 3.05) is 32.8 Å². The van der Waals surface area contributed by atoms with Crippen LogP contribution in [0.2, 0.25) is 5.02 Å². The second-order valence-corrected chi connectivity index (χ2v) is 7.99. The fourth-order valence-electron chi connectivity index (χ4n) is 3.14. The molecule has 6 N–H and O–H groups in total. The summed E-state index contributed by atoms with van der Waals surface area (Å²) in [4.78, 5) is 40.6. The Labute approximate surface area is 206 Å². The van der Waals surface area contributed by atoms with Crippen LogP contribution < -0.4 is 26.0 Å². The minimum Gasteiger partial charge on any atom is -0.507 e. The maximum Gasteiger partial charge on any atom is 0.328 e. The van der Waals surface area contributed by atoms with Crippen LogP contribution in [0.15, 0.2) is 47.5 Å². The van der Waals surface area contributed by atoms with Crippen LogP contribution in [0.25, 0.3) is 0 Å². The largest absolute Gasteiger partial charge is 0.507 e. The van der Waals surface area contributed by atoms with Gasteiger partial charge in [0.05, 0.1) is 12.1 Å². The van der Waals surface area contributed by atoms with Crippen molar-refractivity contribution in [3.05, 3.63) is 58.6 Å². The summed E-state index contributed by atoms with van der Waals surface area (Å²) in [5, 5.41) is 30.9. The van der Waals surface area contributed by atoms with Gasteiger partial charge in [0.2, 0.25) is 0 Å². The molecule has 2 amide bonds. The smallest absolute Gasteiger partial charge is 0.328 e. The molecule has 0 saturated heterocycles. The number of halogens is 1. The normalized spacial score (nSPS) is 13.6. The van der Waals surface area contributed by atoms with E-state index < -0.39 is 30.4 Å². The molecule has 0 saturated carbocycles. The third-order valence-corrected chi connectivity index (χ3v) is 5.17. The molecule has 0 fully saturated rings. The number of nitrogens with zero attached hydrogens (tertiary/aromatic N) is 1. The predicted molar refractivity (Wildman–Crippen MR) is 129 cm³/mol. The molecule has 2 aromatic rings. The van der Waals surface area contributed by atoms with Crippen LogP contribution >= 0.6 is 11.6 Å². The molecule has 2 aromatic carbocycles. The van der Waals surface area contributed by atoms with Crippen LogP contribution in [0.5, 0.6) is 11.5 Å². The van der Waals surface area contributed by atoms with Crippen molar-refractivity contribution in [2.45, 2.75) is 12.5 Å². The summed E-state index contributed by atoms with van der Waals surface area (Å²) in [7, 11) is 0. The monoisotopic (exact) mass is 503 g/mol. The number of guanidine groups is 1. The third-order valence-electron chi connectivity index (χ3n) is 4.93. The lowest BCUT2D eigenvalue weighted by Gasteiger charge is -2.17. The molecule has 11 nitrogen and oxygen atoms in total. The van der Waals surface area contributed by atoms with Crippen LogP contribution in [-0.2, 0) is 4.79 Å². The van der Waals surface area contributed by atoms with Gasteiger partial charge in [-0.15, -0.1) is 0 Å². The Balaban J connectivity index is 1.49.